The number of benzene rings is 1. The van der Waals surface area contributed by atoms with Crippen LogP contribution < -0.4 is 24.8 Å². The van der Waals surface area contributed by atoms with Crippen molar-refractivity contribution < 1.29 is 18.9 Å². The molecule has 1 aliphatic heterocycles. The van der Waals surface area contributed by atoms with Gasteiger partial charge in [-0.25, -0.2) is 4.99 Å². The summed E-state index contributed by atoms with van der Waals surface area (Å²) in [6, 6.07) is 3.69. The van der Waals surface area contributed by atoms with Crippen molar-refractivity contribution in [2.75, 3.05) is 67.3 Å². The van der Waals surface area contributed by atoms with Crippen molar-refractivity contribution in [2.24, 2.45) is 4.99 Å². The van der Waals surface area contributed by atoms with Crippen LogP contribution in [0.1, 0.15) is 18.9 Å². The van der Waals surface area contributed by atoms with E-state index >= 15 is 0 Å². The highest BCUT2D eigenvalue weighted by Gasteiger charge is 2.13. The van der Waals surface area contributed by atoms with Crippen LogP contribution >= 0.6 is 24.0 Å². The predicted octanol–water partition coefficient (Wildman–Crippen LogP) is 2.11. The average molecular weight is 522 g/mol. The molecule has 0 spiro atoms. The number of guanidine groups is 1. The lowest BCUT2D eigenvalue weighted by Crippen LogP contribution is -2.40. The number of rotatable bonds is 10. The van der Waals surface area contributed by atoms with Crippen molar-refractivity contribution in [3.63, 3.8) is 0 Å². The van der Waals surface area contributed by atoms with Crippen LogP contribution in [0, 0.1) is 0 Å². The van der Waals surface area contributed by atoms with Crippen molar-refractivity contribution in [3.8, 4) is 17.2 Å². The van der Waals surface area contributed by atoms with Crippen LogP contribution in [0.4, 0.5) is 0 Å². The summed E-state index contributed by atoms with van der Waals surface area (Å²) in [5.41, 5.74) is 0.885. The first-order valence-electron chi connectivity index (χ1n) is 9.83. The number of aliphatic imine (C=N–C) groups is 1. The lowest BCUT2D eigenvalue weighted by Gasteiger charge is -2.26. The largest absolute Gasteiger partial charge is 0.496 e. The van der Waals surface area contributed by atoms with Crippen LogP contribution in [0.5, 0.6) is 17.2 Å². The third-order valence-electron chi connectivity index (χ3n) is 4.60. The lowest BCUT2D eigenvalue weighted by atomic mass is 10.1. The molecular weight excluding hydrogens is 487 g/mol. The summed E-state index contributed by atoms with van der Waals surface area (Å²) in [6.07, 6.45) is 1.06. The van der Waals surface area contributed by atoms with Gasteiger partial charge in [0.2, 0.25) is 0 Å². The number of nitrogens with zero attached hydrogens (tertiary/aromatic N) is 2. The molecule has 1 fully saturated rings. The van der Waals surface area contributed by atoms with Crippen LogP contribution in [-0.4, -0.2) is 78.1 Å². The summed E-state index contributed by atoms with van der Waals surface area (Å²) in [5, 5.41) is 6.69. The van der Waals surface area contributed by atoms with Crippen molar-refractivity contribution in [1.29, 1.82) is 0 Å². The smallest absolute Gasteiger partial charge is 0.191 e. The minimum Gasteiger partial charge on any atom is -0.496 e. The number of nitrogens with one attached hydrogen (secondary N) is 2. The van der Waals surface area contributed by atoms with Crippen LogP contribution in [0.3, 0.4) is 0 Å². The van der Waals surface area contributed by atoms with E-state index in [0.29, 0.717) is 23.8 Å². The van der Waals surface area contributed by atoms with Gasteiger partial charge in [0.05, 0.1) is 46.7 Å². The second-order valence-electron chi connectivity index (χ2n) is 6.44. The minimum absolute atomic E-state index is 0. The molecule has 2 N–H and O–H groups in total. The Morgan fingerprint density at radius 1 is 1.07 bits per heavy atom. The van der Waals surface area contributed by atoms with E-state index in [1.807, 2.05) is 12.1 Å². The van der Waals surface area contributed by atoms with Gasteiger partial charge in [-0.3, -0.25) is 4.90 Å². The molecule has 0 aliphatic carbocycles. The van der Waals surface area contributed by atoms with Gasteiger partial charge < -0.3 is 29.6 Å². The molecule has 1 heterocycles. The number of morpholine rings is 1. The molecule has 1 saturated heterocycles. The summed E-state index contributed by atoms with van der Waals surface area (Å²) in [4.78, 5) is 7.13. The van der Waals surface area contributed by atoms with Crippen LogP contribution in [0.15, 0.2) is 17.1 Å². The second kappa shape index (κ2) is 14.5. The Morgan fingerprint density at radius 3 is 2.28 bits per heavy atom. The number of hydrogen-bond donors (Lipinski definition) is 2. The van der Waals surface area contributed by atoms with Gasteiger partial charge in [-0.2, -0.15) is 0 Å². The van der Waals surface area contributed by atoms with E-state index in [-0.39, 0.29) is 24.0 Å². The molecule has 1 aliphatic rings. The van der Waals surface area contributed by atoms with Crippen molar-refractivity contribution in [2.45, 2.75) is 19.9 Å². The summed E-state index contributed by atoms with van der Waals surface area (Å²) in [7, 11) is 4.89. The maximum atomic E-state index is 5.50. The highest BCUT2D eigenvalue weighted by Crippen LogP contribution is 2.34. The molecular formula is C20H35IN4O4. The standard InChI is InChI=1S/C20H34N4O4.HI/c1-5-21-20(22-7-6-8-24-9-11-28-12-10-24)23-15-17-18(26-3)13-16(25-2)14-19(17)27-4;/h13-14H,5-12,15H2,1-4H3,(H2,21,22,23);1H. The zero-order chi connectivity index (χ0) is 20.2. The Hall–Kier alpha value is -1.46. The number of ether oxygens (including phenoxy) is 4. The quantitative estimate of drug-likeness (QED) is 0.211. The van der Waals surface area contributed by atoms with Crippen molar-refractivity contribution in [1.82, 2.24) is 15.5 Å². The number of methoxy groups -OCH3 is 3. The first-order chi connectivity index (χ1) is 13.7. The summed E-state index contributed by atoms with van der Waals surface area (Å²) in [6.45, 7) is 8.93. The minimum atomic E-state index is 0. The van der Waals surface area contributed by atoms with E-state index in [1.54, 1.807) is 21.3 Å². The SMILES string of the molecule is CCNC(=NCc1c(OC)cc(OC)cc1OC)NCCCN1CCOCC1.I. The van der Waals surface area contributed by atoms with Crippen LogP contribution in [-0.2, 0) is 11.3 Å². The molecule has 8 nitrogen and oxygen atoms in total. The molecule has 0 saturated carbocycles. The van der Waals surface area contributed by atoms with Gasteiger partial charge >= 0.3 is 0 Å². The van der Waals surface area contributed by atoms with Gasteiger partial charge in [0.15, 0.2) is 5.96 Å². The molecule has 9 heteroatoms. The second-order valence-corrected chi connectivity index (χ2v) is 6.44. The lowest BCUT2D eigenvalue weighted by molar-refractivity contribution is 0.0376. The first kappa shape index (κ1) is 25.6. The zero-order valence-electron chi connectivity index (χ0n) is 18.0. The highest BCUT2D eigenvalue weighted by molar-refractivity contribution is 14.0. The molecule has 0 unspecified atom stereocenters. The van der Waals surface area contributed by atoms with E-state index in [0.717, 1.165) is 63.9 Å². The Labute approximate surface area is 191 Å². The molecule has 0 amide bonds. The molecule has 0 bridgehead atoms. The van der Waals surface area contributed by atoms with Gasteiger partial charge in [-0.05, 0) is 19.9 Å². The molecule has 166 valence electrons. The average Bonchev–Trinajstić information content (AvgIpc) is 2.74. The summed E-state index contributed by atoms with van der Waals surface area (Å²) < 4.78 is 21.7. The molecule has 29 heavy (non-hydrogen) atoms. The van der Waals surface area contributed by atoms with E-state index in [1.165, 1.54) is 0 Å². The molecule has 0 aromatic heterocycles. The molecule has 2 rings (SSSR count). The Balaban J connectivity index is 0.00000420. The Bertz CT molecular complexity index is 599. The Kier molecular flexibility index (Phi) is 12.8. The fourth-order valence-electron chi connectivity index (χ4n) is 3.07. The van der Waals surface area contributed by atoms with Gasteiger partial charge in [0, 0.05) is 38.3 Å². The topological polar surface area (TPSA) is 76.6 Å². The fraction of sp³-hybridized carbons (Fsp3) is 0.650. The van der Waals surface area contributed by atoms with Crippen molar-refractivity contribution in [3.05, 3.63) is 17.7 Å². The van der Waals surface area contributed by atoms with Crippen molar-refractivity contribution >= 4 is 29.9 Å². The third kappa shape index (κ3) is 8.43. The van der Waals surface area contributed by atoms with Crippen LogP contribution in [0.25, 0.3) is 0 Å². The third-order valence-corrected chi connectivity index (χ3v) is 4.60. The molecule has 0 atom stereocenters. The van der Waals surface area contributed by atoms with Crippen LogP contribution in [0.2, 0.25) is 0 Å². The number of hydrogen-bond acceptors (Lipinski definition) is 6. The van der Waals surface area contributed by atoms with E-state index < -0.39 is 0 Å². The predicted molar refractivity (Wildman–Crippen MR) is 126 cm³/mol. The Morgan fingerprint density at radius 2 is 1.72 bits per heavy atom. The first-order valence-corrected chi connectivity index (χ1v) is 9.83. The molecule has 1 aromatic carbocycles. The van der Waals surface area contributed by atoms with Gasteiger partial charge in [-0.1, -0.05) is 0 Å². The van der Waals surface area contributed by atoms with E-state index in [4.69, 9.17) is 23.9 Å². The summed E-state index contributed by atoms with van der Waals surface area (Å²) >= 11 is 0. The molecule has 1 aromatic rings. The molecule has 0 radical (unpaired) electrons. The van der Waals surface area contributed by atoms with Gasteiger partial charge in [-0.15, -0.1) is 24.0 Å². The van der Waals surface area contributed by atoms with E-state index in [9.17, 15) is 0 Å². The maximum absolute atomic E-state index is 5.50. The number of halogens is 1. The van der Waals surface area contributed by atoms with Gasteiger partial charge in [0.1, 0.15) is 17.2 Å². The maximum Gasteiger partial charge on any atom is 0.191 e. The monoisotopic (exact) mass is 522 g/mol. The highest BCUT2D eigenvalue weighted by atomic mass is 127. The normalized spacial score (nSPS) is 14.7. The fourth-order valence-corrected chi connectivity index (χ4v) is 3.07. The zero-order valence-corrected chi connectivity index (χ0v) is 20.3. The van der Waals surface area contributed by atoms with Gasteiger partial charge in [0.25, 0.3) is 0 Å². The van der Waals surface area contributed by atoms with E-state index in [2.05, 4.69) is 22.5 Å². The summed E-state index contributed by atoms with van der Waals surface area (Å²) in [5.74, 6) is 2.87.